The van der Waals surface area contributed by atoms with Gasteiger partial charge in [0.2, 0.25) is 0 Å². The van der Waals surface area contributed by atoms with Crippen molar-refractivity contribution in [1.29, 1.82) is 0 Å². The number of rotatable bonds is 3. The summed E-state index contributed by atoms with van der Waals surface area (Å²) in [5.41, 5.74) is 1.99. The molecule has 0 spiro atoms. The molecule has 25 heavy (non-hydrogen) atoms. The lowest BCUT2D eigenvalue weighted by Crippen LogP contribution is -2.49. The number of nitrogens with zero attached hydrogens (tertiary/aromatic N) is 1. The second kappa shape index (κ2) is 6.50. The van der Waals surface area contributed by atoms with E-state index in [1.54, 1.807) is 4.90 Å². The maximum Gasteiger partial charge on any atom is 0.305 e. The summed E-state index contributed by atoms with van der Waals surface area (Å²) in [6.07, 6.45) is -0.108. The minimum absolute atomic E-state index is 0.108. The van der Waals surface area contributed by atoms with Crippen LogP contribution in [-0.2, 0) is 16.1 Å². The van der Waals surface area contributed by atoms with E-state index in [2.05, 4.69) is 0 Å². The molecule has 1 amide bonds. The molecule has 2 aliphatic heterocycles. The molecule has 2 aromatic rings. The number of carboxylic acids is 1. The van der Waals surface area contributed by atoms with Crippen LogP contribution in [0.15, 0.2) is 30.3 Å². The van der Waals surface area contributed by atoms with E-state index in [0.29, 0.717) is 24.6 Å². The van der Waals surface area contributed by atoms with E-state index in [1.807, 2.05) is 30.3 Å². The fourth-order valence-electron chi connectivity index (χ4n) is 3.24. The van der Waals surface area contributed by atoms with E-state index in [4.69, 9.17) is 14.6 Å². The van der Waals surface area contributed by atoms with Gasteiger partial charge in [-0.2, -0.15) is 0 Å². The molecule has 1 aromatic heterocycles. The third-order valence-corrected chi connectivity index (χ3v) is 5.63. The number of ether oxygens (including phenoxy) is 2. The Morgan fingerprint density at radius 3 is 3.00 bits per heavy atom. The lowest BCUT2D eigenvalue weighted by molar-refractivity contribution is -0.139. The van der Waals surface area contributed by atoms with Crippen molar-refractivity contribution >= 4 is 23.2 Å². The highest BCUT2D eigenvalue weighted by Gasteiger charge is 2.32. The number of fused-ring (bicyclic) bond motifs is 3. The van der Waals surface area contributed by atoms with E-state index in [-0.39, 0.29) is 18.9 Å². The van der Waals surface area contributed by atoms with Crippen molar-refractivity contribution in [2.75, 3.05) is 19.8 Å². The topological polar surface area (TPSA) is 76.1 Å². The van der Waals surface area contributed by atoms with Gasteiger partial charge in [-0.3, -0.25) is 9.59 Å². The lowest BCUT2D eigenvalue weighted by Gasteiger charge is -2.34. The minimum atomic E-state index is -0.930. The fourth-order valence-corrected chi connectivity index (χ4v) is 4.39. The number of hydrogen-bond donors (Lipinski definition) is 1. The summed E-state index contributed by atoms with van der Waals surface area (Å²) in [6, 6.07) is 9.22. The maximum absolute atomic E-state index is 13.0. The largest absolute Gasteiger partial charge is 0.488 e. The molecule has 3 heterocycles. The molecule has 7 heteroatoms. The Hall–Kier alpha value is -2.38. The summed E-state index contributed by atoms with van der Waals surface area (Å²) in [5.74, 6) is -0.237. The minimum Gasteiger partial charge on any atom is -0.488 e. The number of carbonyl (C=O) groups is 2. The highest BCUT2D eigenvalue weighted by molar-refractivity contribution is 7.17. The van der Waals surface area contributed by atoms with Gasteiger partial charge >= 0.3 is 5.97 Å². The van der Waals surface area contributed by atoms with Gasteiger partial charge in [-0.25, -0.2) is 0 Å². The van der Waals surface area contributed by atoms with Crippen molar-refractivity contribution in [2.45, 2.75) is 19.1 Å². The standard InChI is InChI=1S/C18H17NO5S/c20-16(21)8-12-10-23-6-5-19(12)18(22)15-7-11-9-24-14-4-2-1-3-13(14)17(11)25-15/h1-4,7,12H,5-6,8-10H2,(H,20,21). The molecule has 6 nitrogen and oxygen atoms in total. The molecule has 1 atom stereocenters. The Morgan fingerprint density at radius 1 is 1.32 bits per heavy atom. The van der Waals surface area contributed by atoms with Crippen molar-refractivity contribution in [3.05, 3.63) is 40.8 Å². The molecule has 1 fully saturated rings. The monoisotopic (exact) mass is 359 g/mol. The predicted octanol–water partition coefficient (Wildman–Crippen LogP) is 2.62. The first kappa shape index (κ1) is 16.1. The zero-order valence-electron chi connectivity index (χ0n) is 13.4. The quantitative estimate of drug-likeness (QED) is 0.912. The van der Waals surface area contributed by atoms with Crippen LogP contribution in [0, 0.1) is 0 Å². The predicted molar refractivity (Wildman–Crippen MR) is 92.0 cm³/mol. The fraction of sp³-hybridized carbons (Fsp3) is 0.333. The van der Waals surface area contributed by atoms with E-state index in [0.717, 1.165) is 21.8 Å². The van der Waals surface area contributed by atoms with Gasteiger partial charge in [0.05, 0.1) is 30.6 Å². The molecule has 1 saturated heterocycles. The number of benzene rings is 1. The van der Waals surface area contributed by atoms with Gasteiger partial charge < -0.3 is 19.5 Å². The summed E-state index contributed by atoms with van der Waals surface area (Å²) in [4.78, 5) is 27.3. The molecule has 1 N–H and O–H groups in total. The average molecular weight is 359 g/mol. The summed E-state index contributed by atoms with van der Waals surface area (Å²) in [5, 5.41) is 9.07. The highest BCUT2D eigenvalue weighted by Crippen LogP contribution is 2.42. The van der Waals surface area contributed by atoms with Crippen molar-refractivity contribution < 1.29 is 24.2 Å². The number of carbonyl (C=O) groups excluding carboxylic acids is 1. The van der Waals surface area contributed by atoms with Gasteiger partial charge in [-0.1, -0.05) is 12.1 Å². The molecule has 1 aromatic carbocycles. The second-order valence-corrected chi connectivity index (χ2v) is 7.13. The van der Waals surface area contributed by atoms with Crippen LogP contribution in [0.25, 0.3) is 10.4 Å². The summed E-state index contributed by atoms with van der Waals surface area (Å²) in [7, 11) is 0. The Kier molecular flexibility index (Phi) is 4.19. The van der Waals surface area contributed by atoms with Gasteiger partial charge in [-0.15, -0.1) is 11.3 Å². The molecule has 0 radical (unpaired) electrons. The Morgan fingerprint density at radius 2 is 2.16 bits per heavy atom. The first-order valence-corrected chi connectivity index (χ1v) is 8.90. The Bertz CT molecular complexity index is 831. The van der Waals surface area contributed by atoms with E-state index in [9.17, 15) is 9.59 Å². The first-order chi connectivity index (χ1) is 12.1. The van der Waals surface area contributed by atoms with Gasteiger partial charge in [0.15, 0.2) is 0 Å². The number of carboxylic acid groups (broad SMARTS) is 1. The summed E-state index contributed by atoms with van der Waals surface area (Å²) >= 11 is 1.44. The molecule has 4 rings (SSSR count). The molecular weight excluding hydrogens is 342 g/mol. The number of para-hydroxylation sites is 1. The van der Waals surface area contributed by atoms with Gasteiger partial charge in [-0.05, 0) is 18.2 Å². The van der Waals surface area contributed by atoms with Crippen LogP contribution in [0.2, 0.25) is 0 Å². The van der Waals surface area contributed by atoms with Crippen molar-refractivity contribution in [2.24, 2.45) is 0 Å². The number of morpholine rings is 1. The van der Waals surface area contributed by atoms with Crippen LogP contribution in [0.5, 0.6) is 5.75 Å². The molecule has 2 aliphatic rings. The number of amides is 1. The zero-order chi connectivity index (χ0) is 17.4. The summed E-state index contributed by atoms with van der Waals surface area (Å²) in [6.45, 7) is 1.54. The highest BCUT2D eigenvalue weighted by atomic mass is 32.1. The number of hydrogen-bond acceptors (Lipinski definition) is 5. The van der Waals surface area contributed by atoms with Crippen LogP contribution in [0.4, 0.5) is 0 Å². The molecule has 130 valence electrons. The normalized spacial score (nSPS) is 18.9. The van der Waals surface area contributed by atoms with Crippen LogP contribution < -0.4 is 4.74 Å². The van der Waals surface area contributed by atoms with Gasteiger partial charge in [0.25, 0.3) is 5.91 Å². The average Bonchev–Trinajstić information content (AvgIpc) is 3.06. The molecule has 0 aliphatic carbocycles. The SMILES string of the molecule is O=C(O)CC1COCCN1C(=O)c1cc2c(s1)-c1ccccc1OC2. The van der Waals surface area contributed by atoms with Crippen molar-refractivity contribution in [1.82, 2.24) is 4.90 Å². The maximum atomic E-state index is 13.0. The summed E-state index contributed by atoms with van der Waals surface area (Å²) < 4.78 is 11.1. The number of aliphatic carboxylic acids is 1. The van der Waals surface area contributed by atoms with Crippen LogP contribution >= 0.6 is 11.3 Å². The Labute approximate surface area is 148 Å². The zero-order valence-corrected chi connectivity index (χ0v) is 14.3. The second-order valence-electron chi connectivity index (χ2n) is 6.07. The molecule has 1 unspecified atom stereocenters. The van der Waals surface area contributed by atoms with E-state index >= 15 is 0 Å². The molecular formula is C18H17NO5S. The Balaban J connectivity index is 1.63. The van der Waals surface area contributed by atoms with E-state index in [1.165, 1.54) is 11.3 Å². The number of thiophene rings is 1. The van der Waals surface area contributed by atoms with Crippen molar-refractivity contribution in [3.63, 3.8) is 0 Å². The first-order valence-electron chi connectivity index (χ1n) is 8.09. The smallest absolute Gasteiger partial charge is 0.305 e. The van der Waals surface area contributed by atoms with Gasteiger partial charge in [0.1, 0.15) is 12.4 Å². The third-order valence-electron chi connectivity index (χ3n) is 4.43. The van der Waals surface area contributed by atoms with Crippen molar-refractivity contribution in [3.8, 4) is 16.2 Å². The van der Waals surface area contributed by atoms with Crippen LogP contribution in [0.1, 0.15) is 21.7 Å². The lowest BCUT2D eigenvalue weighted by atomic mass is 10.1. The van der Waals surface area contributed by atoms with E-state index < -0.39 is 12.0 Å². The molecule has 0 saturated carbocycles. The third kappa shape index (κ3) is 3.01. The van der Waals surface area contributed by atoms with Crippen LogP contribution in [0.3, 0.4) is 0 Å². The molecule has 0 bridgehead atoms. The van der Waals surface area contributed by atoms with Crippen LogP contribution in [-0.4, -0.2) is 47.7 Å². The van der Waals surface area contributed by atoms with Gasteiger partial charge in [0, 0.05) is 22.5 Å².